The number of nitrogens with zero attached hydrogens (tertiary/aromatic N) is 2. The number of carbonyl (C=O) groups is 1. The van der Waals surface area contributed by atoms with Crippen LogP contribution in [0.25, 0.3) is 0 Å². The molecule has 4 nitrogen and oxygen atoms in total. The van der Waals surface area contributed by atoms with Gasteiger partial charge in [-0.2, -0.15) is 5.26 Å². The second-order valence-electron chi connectivity index (χ2n) is 5.18. The van der Waals surface area contributed by atoms with E-state index in [1.54, 1.807) is 18.2 Å². The Balaban J connectivity index is 2.23. The highest BCUT2D eigenvalue weighted by molar-refractivity contribution is 6.35. The zero-order valence-electron chi connectivity index (χ0n) is 13.4. The number of ether oxygens (including phenoxy) is 1. The van der Waals surface area contributed by atoms with Gasteiger partial charge in [0.25, 0.3) is 5.91 Å². The van der Waals surface area contributed by atoms with Crippen molar-refractivity contribution in [2.45, 2.75) is 19.4 Å². The topological polar surface area (TPSA) is 53.3 Å². The van der Waals surface area contributed by atoms with Crippen molar-refractivity contribution in [2.24, 2.45) is 0 Å². The Morgan fingerprint density at radius 2 is 2.04 bits per heavy atom. The summed E-state index contributed by atoms with van der Waals surface area (Å²) in [6.07, 6.45) is -0.869. The number of para-hydroxylation sites is 1. The van der Waals surface area contributed by atoms with Crippen LogP contribution in [0.1, 0.15) is 13.3 Å². The summed E-state index contributed by atoms with van der Waals surface area (Å²) in [4.78, 5) is 13.9. The molecule has 0 aliphatic heterocycles. The third kappa shape index (κ3) is 4.85. The van der Waals surface area contributed by atoms with Gasteiger partial charge in [0, 0.05) is 11.6 Å². The van der Waals surface area contributed by atoms with Crippen LogP contribution in [0, 0.1) is 17.1 Å². The fourth-order valence-corrected chi connectivity index (χ4v) is 2.67. The van der Waals surface area contributed by atoms with Crippen LogP contribution in [-0.2, 0) is 4.79 Å². The van der Waals surface area contributed by atoms with Crippen LogP contribution < -0.4 is 9.64 Å². The molecule has 0 N–H and O–H groups in total. The number of halogens is 3. The van der Waals surface area contributed by atoms with Crippen LogP contribution in [0.2, 0.25) is 10.0 Å². The molecule has 0 bridgehead atoms. The smallest absolute Gasteiger partial charge is 0.267 e. The van der Waals surface area contributed by atoms with E-state index in [9.17, 15) is 9.18 Å². The van der Waals surface area contributed by atoms with Crippen molar-refractivity contribution in [1.82, 2.24) is 0 Å². The number of hydrogen-bond acceptors (Lipinski definition) is 3. The minimum absolute atomic E-state index is 0.0539. The maximum atomic E-state index is 14.1. The van der Waals surface area contributed by atoms with Crippen molar-refractivity contribution in [3.63, 3.8) is 0 Å². The van der Waals surface area contributed by atoms with E-state index in [2.05, 4.69) is 0 Å². The fraction of sp³-hybridized carbons (Fsp3) is 0.222. The maximum absolute atomic E-state index is 14.1. The lowest BCUT2D eigenvalue weighted by atomic mass is 10.2. The number of nitriles is 1. The molecular weight excluding hydrogens is 366 g/mol. The van der Waals surface area contributed by atoms with Crippen LogP contribution in [0.5, 0.6) is 5.75 Å². The summed E-state index contributed by atoms with van der Waals surface area (Å²) >= 11 is 11.9. The molecule has 0 saturated carbocycles. The molecule has 7 heteroatoms. The molecule has 0 heterocycles. The Kier molecular flexibility index (Phi) is 6.63. The first-order valence-corrected chi connectivity index (χ1v) is 8.24. The molecule has 25 heavy (non-hydrogen) atoms. The van der Waals surface area contributed by atoms with E-state index >= 15 is 0 Å². The van der Waals surface area contributed by atoms with Gasteiger partial charge in [0.2, 0.25) is 0 Å². The normalized spacial score (nSPS) is 11.5. The van der Waals surface area contributed by atoms with Crippen LogP contribution in [0.3, 0.4) is 0 Å². The minimum atomic E-state index is -0.933. The number of rotatable bonds is 6. The average molecular weight is 381 g/mol. The first kappa shape index (κ1) is 19.0. The molecule has 0 spiro atoms. The predicted octanol–water partition coefficient (Wildman–Crippen LogP) is 4.85. The Morgan fingerprint density at radius 1 is 1.32 bits per heavy atom. The summed E-state index contributed by atoms with van der Waals surface area (Å²) in [7, 11) is 0. The van der Waals surface area contributed by atoms with E-state index in [1.807, 2.05) is 6.07 Å². The molecule has 0 unspecified atom stereocenters. The van der Waals surface area contributed by atoms with Gasteiger partial charge < -0.3 is 9.64 Å². The molecule has 0 radical (unpaired) electrons. The van der Waals surface area contributed by atoms with E-state index < -0.39 is 17.8 Å². The Hall–Kier alpha value is -2.29. The van der Waals surface area contributed by atoms with Crippen molar-refractivity contribution < 1.29 is 13.9 Å². The molecule has 1 atom stereocenters. The average Bonchev–Trinajstić information content (AvgIpc) is 2.58. The molecule has 130 valence electrons. The van der Waals surface area contributed by atoms with Gasteiger partial charge in [0.15, 0.2) is 6.10 Å². The molecule has 0 fully saturated rings. The van der Waals surface area contributed by atoms with E-state index in [0.717, 1.165) is 0 Å². The van der Waals surface area contributed by atoms with Gasteiger partial charge in [0.1, 0.15) is 11.6 Å². The number of anilines is 1. The molecule has 2 rings (SSSR count). The summed E-state index contributed by atoms with van der Waals surface area (Å²) in [5.41, 5.74) is 0.0976. The summed E-state index contributed by atoms with van der Waals surface area (Å²) in [6, 6.07) is 12.5. The quantitative estimate of drug-likeness (QED) is 0.719. The molecule has 0 saturated heterocycles. The lowest BCUT2D eigenvalue weighted by Gasteiger charge is -2.26. The fourth-order valence-electron chi connectivity index (χ4n) is 2.21. The van der Waals surface area contributed by atoms with Crippen molar-refractivity contribution in [3.05, 3.63) is 58.3 Å². The van der Waals surface area contributed by atoms with Gasteiger partial charge in [0.05, 0.1) is 23.2 Å². The summed E-state index contributed by atoms with van der Waals surface area (Å²) in [5, 5.41) is 9.51. The van der Waals surface area contributed by atoms with Gasteiger partial charge >= 0.3 is 0 Å². The lowest BCUT2D eigenvalue weighted by Crippen LogP contribution is -2.41. The van der Waals surface area contributed by atoms with E-state index in [0.29, 0.717) is 10.8 Å². The lowest BCUT2D eigenvalue weighted by molar-refractivity contribution is -0.124. The van der Waals surface area contributed by atoms with Gasteiger partial charge in [-0.15, -0.1) is 0 Å². The second kappa shape index (κ2) is 8.70. The van der Waals surface area contributed by atoms with Gasteiger partial charge in [-0.25, -0.2) is 4.39 Å². The summed E-state index contributed by atoms with van der Waals surface area (Å²) in [5.74, 6) is -0.738. The van der Waals surface area contributed by atoms with Crippen molar-refractivity contribution in [3.8, 4) is 11.8 Å². The number of carbonyl (C=O) groups excluding carboxylic acids is 1. The van der Waals surface area contributed by atoms with Gasteiger partial charge in [-0.3, -0.25) is 4.79 Å². The van der Waals surface area contributed by atoms with Gasteiger partial charge in [-0.1, -0.05) is 35.3 Å². The van der Waals surface area contributed by atoms with Crippen LogP contribution in [0.4, 0.5) is 10.1 Å². The van der Waals surface area contributed by atoms with E-state index in [4.69, 9.17) is 33.2 Å². The Bertz CT molecular complexity index is 808. The molecule has 0 aliphatic rings. The summed E-state index contributed by atoms with van der Waals surface area (Å²) < 4.78 is 19.7. The first-order chi connectivity index (χ1) is 11.9. The van der Waals surface area contributed by atoms with Crippen LogP contribution in [0.15, 0.2) is 42.5 Å². The van der Waals surface area contributed by atoms with Crippen LogP contribution in [-0.4, -0.2) is 18.6 Å². The highest BCUT2D eigenvalue weighted by Gasteiger charge is 2.25. The molecular formula is C18H15Cl2FN2O2. The number of amides is 1. The number of hydrogen-bond donors (Lipinski definition) is 0. The second-order valence-corrected chi connectivity index (χ2v) is 6.03. The molecule has 0 aliphatic carbocycles. The molecule has 0 aromatic heterocycles. The standard InChI is InChI=1S/C18H15Cl2FN2O2/c1-12(25-17-8-7-13(19)11-14(17)20)18(24)23(10-4-9-22)16-6-3-2-5-15(16)21/h2-3,5-8,11-12H,4,10H2,1H3/t12-/m1/s1. The molecule has 1 amide bonds. The minimum Gasteiger partial charge on any atom is -0.479 e. The monoisotopic (exact) mass is 380 g/mol. The zero-order valence-corrected chi connectivity index (χ0v) is 14.9. The Morgan fingerprint density at radius 3 is 2.68 bits per heavy atom. The van der Waals surface area contributed by atoms with E-state index in [-0.39, 0.29) is 23.7 Å². The van der Waals surface area contributed by atoms with Crippen molar-refractivity contribution in [1.29, 1.82) is 5.26 Å². The van der Waals surface area contributed by atoms with Gasteiger partial charge in [-0.05, 0) is 37.3 Å². The third-order valence-electron chi connectivity index (χ3n) is 3.40. The van der Waals surface area contributed by atoms with Crippen molar-refractivity contribution >= 4 is 34.8 Å². The molecule has 2 aromatic rings. The van der Waals surface area contributed by atoms with E-state index in [1.165, 1.54) is 36.1 Å². The van der Waals surface area contributed by atoms with Crippen LogP contribution >= 0.6 is 23.2 Å². The zero-order chi connectivity index (χ0) is 18.4. The highest BCUT2D eigenvalue weighted by atomic mass is 35.5. The third-order valence-corrected chi connectivity index (χ3v) is 3.93. The summed E-state index contributed by atoms with van der Waals surface area (Å²) in [6.45, 7) is 1.59. The first-order valence-electron chi connectivity index (χ1n) is 7.48. The highest BCUT2D eigenvalue weighted by Crippen LogP contribution is 2.29. The SMILES string of the molecule is C[C@@H](Oc1ccc(Cl)cc1Cl)C(=O)N(CCC#N)c1ccccc1F. The number of benzene rings is 2. The maximum Gasteiger partial charge on any atom is 0.267 e. The predicted molar refractivity (Wildman–Crippen MR) is 95.5 cm³/mol. The largest absolute Gasteiger partial charge is 0.479 e. The Labute approximate surface area is 155 Å². The molecule has 2 aromatic carbocycles. The van der Waals surface area contributed by atoms with Crippen molar-refractivity contribution in [2.75, 3.05) is 11.4 Å².